The monoisotopic (exact) mass is 325 g/mol. The molecule has 0 aliphatic carbocycles. The van der Waals surface area contributed by atoms with Crippen LogP contribution >= 0.6 is 0 Å². The molecule has 0 bridgehead atoms. The zero-order valence-electron chi connectivity index (χ0n) is 15.1. The van der Waals surface area contributed by atoms with Crippen LogP contribution in [0.1, 0.15) is 47.8 Å². The molecule has 0 spiro atoms. The molecule has 0 aliphatic heterocycles. The molecule has 2 aromatic rings. The Balaban J connectivity index is 2.05. The maximum absolute atomic E-state index is 12.3. The summed E-state index contributed by atoms with van der Waals surface area (Å²) in [6, 6.07) is 13.9. The highest BCUT2D eigenvalue weighted by Gasteiger charge is 2.08. The lowest BCUT2D eigenvalue weighted by atomic mass is 10.0. The smallest absolute Gasteiger partial charge is 0.251 e. The van der Waals surface area contributed by atoms with Crippen LogP contribution in [0.4, 0.5) is 0 Å². The van der Waals surface area contributed by atoms with Crippen molar-refractivity contribution in [2.45, 2.75) is 40.2 Å². The summed E-state index contributed by atoms with van der Waals surface area (Å²) in [6.45, 7) is 6.99. The van der Waals surface area contributed by atoms with Gasteiger partial charge in [-0.05, 0) is 59.7 Å². The van der Waals surface area contributed by atoms with Crippen molar-refractivity contribution in [1.29, 1.82) is 0 Å². The first kappa shape index (κ1) is 18.1. The summed E-state index contributed by atoms with van der Waals surface area (Å²) in [5.41, 5.74) is 4.22. The van der Waals surface area contributed by atoms with Gasteiger partial charge in [0.25, 0.3) is 5.91 Å². The summed E-state index contributed by atoms with van der Waals surface area (Å²) in [6.07, 6.45) is 1.97. The number of rotatable bonds is 7. The van der Waals surface area contributed by atoms with Gasteiger partial charge in [0, 0.05) is 12.1 Å². The van der Waals surface area contributed by atoms with Gasteiger partial charge in [0.15, 0.2) is 0 Å². The average molecular weight is 325 g/mol. The minimum Gasteiger partial charge on any atom is -0.497 e. The molecule has 0 unspecified atom stereocenters. The van der Waals surface area contributed by atoms with Crippen LogP contribution in [-0.2, 0) is 19.4 Å². The van der Waals surface area contributed by atoms with Crippen LogP contribution in [0.2, 0.25) is 0 Å². The third kappa shape index (κ3) is 5.12. The predicted molar refractivity (Wildman–Crippen MR) is 98.5 cm³/mol. The average Bonchev–Trinajstić information content (AvgIpc) is 2.59. The molecule has 0 aliphatic rings. The van der Waals surface area contributed by atoms with Gasteiger partial charge in [0.05, 0.1) is 7.11 Å². The minimum atomic E-state index is -0.0501. The highest BCUT2D eigenvalue weighted by Crippen LogP contribution is 2.19. The summed E-state index contributed by atoms with van der Waals surface area (Å²) in [5.74, 6) is 1.37. The topological polar surface area (TPSA) is 38.3 Å². The number of nitrogens with one attached hydrogen (secondary N) is 1. The molecule has 0 aromatic heterocycles. The molecule has 128 valence electrons. The van der Waals surface area contributed by atoms with E-state index in [1.807, 2.05) is 30.3 Å². The number of carbonyl (C=O) groups excluding carboxylic acids is 1. The molecule has 3 nitrogen and oxygen atoms in total. The van der Waals surface area contributed by atoms with Crippen LogP contribution in [0.25, 0.3) is 0 Å². The highest BCUT2D eigenvalue weighted by molar-refractivity contribution is 5.94. The molecule has 3 heteroatoms. The Morgan fingerprint density at radius 1 is 1.04 bits per heavy atom. The van der Waals surface area contributed by atoms with Crippen molar-refractivity contribution < 1.29 is 9.53 Å². The lowest BCUT2D eigenvalue weighted by Gasteiger charge is -2.12. The maximum Gasteiger partial charge on any atom is 0.251 e. The Labute approximate surface area is 145 Å². The molecular weight excluding hydrogens is 298 g/mol. The molecular formula is C21H27NO2. The first-order valence-electron chi connectivity index (χ1n) is 8.55. The second-order valence-electron chi connectivity index (χ2n) is 6.52. The summed E-state index contributed by atoms with van der Waals surface area (Å²) in [7, 11) is 1.67. The fourth-order valence-electron chi connectivity index (χ4n) is 2.71. The number of methoxy groups -OCH3 is 1. The van der Waals surface area contributed by atoms with E-state index in [9.17, 15) is 4.79 Å². The molecule has 1 N–H and O–H groups in total. The number of hydrogen-bond donors (Lipinski definition) is 1. The van der Waals surface area contributed by atoms with Crippen molar-refractivity contribution in [3.63, 3.8) is 0 Å². The highest BCUT2D eigenvalue weighted by atomic mass is 16.5. The van der Waals surface area contributed by atoms with Crippen LogP contribution in [0.15, 0.2) is 42.5 Å². The van der Waals surface area contributed by atoms with Crippen molar-refractivity contribution in [3.8, 4) is 5.75 Å². The summed E-state index contributed by atoms with van der Waals surface area (Å²) >= 11 is 0. The van der Waals surface area contributed by atoms with Gasteiger partial charge in [0.2, 0.25) is 0 Å². The van der Waals surface area contributed by atoms with Gasteiger partial charge in [-0.3, -0.25) is 4.79 Å². The SMILES string of the molecule is CCc1ccc(C(=O)NCc2cc(CC(C)C)cc(OC)c2)cc1. The first-order valence-corrected chi connectivity index (χ1v) is 8.55. The summed E-state index contributed by atoms with van der Waals surface area (Å²) < 4.78 is 5.38. The van der Waals surface area contributed by atoms with Crippen LogP contribution in [-0.4, -0.2) is 13.0 Å². The zero-order chi connectivity index (χ0) is 17.5. The normalized spacial score (nSPS) is 10.7. The van der Waals surface area contributed by atoms with Crippen LogP contribution in [0, 0.1) is 5.92 Å². The van der Waals surface area contributed by atoms with Gasteiger partial charge < -0.3 is 10.1 Å². The number of ether oxygens (including phenoxy) is 1. The Kier molecular flexibility index (Phi) is 6.42. The fourth-order valence-corrected chi connectivity index (χ4v) is 2.71. The molecule has 0 radical (unpaired) electrons. The fraction of sp³-hybridized carbons (Fsp3) is 0.381. The van der Waals surface area contributed by atoms with Gasteiger partial charge in [-0.2, -0.15) is 0 Å². The van der Waals surface area contributed by atoms with E-state index in [0.717, 1.165) is 24.2 Å². The second kappa shape index (κ2) is 8.53. The third-order valence-corrected chi connectivity index (χ3v) is 3.98. The second-order valence-corrected chi connectivity index (χ2v) is 6.52. The van der Waals surface area contributed by atoms with E-state index < -0.39 is 0 Å². The Morgan fingerprint density at radius 3 is 2.29 bits per heavy atom. The molecule has 0 saturated carbocycles. The summed E-state index contributed by atoms with van der Waals surface area (Å²) in [5, 5.41) is 2.99. The van der Waals surface area contributed by atoms with E-state index in [1.54, 1.807) is 7.11 Å². The number of carbonyl (C=O) groups is 1. The van der Waals surface area contributed by atoms with E-state index in [0.29, 0.717) is 18.0 Å². The summed E-state index contributed by atoms with van der Waals surface area (Å²) in [4.78, 5) is 12.3. The van der Waals surface area contributed by atoms with Crippen molar-refractivity contribution in [2.24, 2.45) is 5.92 Å². The standard InChI is InChI=1S/C21H27NO2/c1-5-16-6-8-19(9-7-16)21(23)22-14-18-11-17(10-15(2)3)12-20(13-18)24-4/h6-9,11-13,15H,5,10,14H2,1-4H3,(H,22,23). The lowest BCUT2D eigenvalue weighted by Crippen LogP contribution is -2.22. The van der Waals surface area contributed by atoms with E-state index in [1.165, 1.54) is 11.1 Å². The quantitative estimate of drug-likeness (QED) is 0.820. The van der Waals surface area contributed by atoms with Crippen molar-refractivity contribution >= 4 is 5.91 Å². The Hall–Kier alpha value is -2.29. The molecule has 0 heterocycles. The molecule has 2 aromatic carbocycles. The molecule has 0 fully saturated rings. The van der Waals surface area contributed by atoms with Gasteiger partial charge in [0.1, 0.15) is 5.75 Å². The van der Waals surface area contributed by atoms with Crippen LogP contribution in [0.5, 0.6) is 5.75 Å². The number of benzene rings is 2. The van der Waals surface area contributed by atoms with E-state index in [4.69, 9.17) is 4.74 Å². The van der Waals surface area contributed by atoms with Gasteiger partial charge >= 0.3 is 0 Å². The van der Waals surface area contributed by atoms with E-state index in [2.05, 4.69) is 38.2 Å². The minimum absolute atomic E-state index is 0.0501. The number of hydrogen-bond acceptors (Lipinski definition) is 2. The van der Waals surface area contributed by atoms with Crippen molar-refractivity contribution in [3.05, 3.63) is 64.7 Å². The molecule has 0 atom stereocenters. The molecule has 2 rings (SSSR count). The van der Waals surface area contributed by atoms with Gasteiger partial charge in [-0.15, -0.1) is 0 Å². The first-order chi connectivity index (χ1) is 11.5. The van der Waals surface area contributed by atoms with Gasteiger partial charge in [-0.1, -0.05) is 39.0 Å². The van der Waals surface area contributed by atoms with Crippen molar-refractivity contribution in [2.75, 3.05) is 7.11 Å². The Morgan fingerprint density at radius 2 is 1.71 bits per heavy atom. The van der Waals surface area contributed by atoms with E-state index in [-0.39, 0.29) is 5.91 Å². The number of amides is 1. The van der Waals surface area contributed by atoms with E-state index >= 15 is 0 Å². The van der Waals surface area contributed by atoms with Crippen LogP contribution < -0.4 is 10.1 Å². The molecule has 1 amide bonds. The molecule has 0 saturated heterocycles. The largest absolute Gasteiger partial charge is 0.497 e. The zero-order valence-corrected chi connectivity index (χ0v) is 15.1. The maximum atomic E-state index is 12.3. The van der Waals surface area contributed by atoms with Crippen molar-refractivity contribution in [1.82, 2.24) is 5.32 Å². The Bertz CT molecular complexity index is 675. The van der Waals surface area contributed by atoms with Crippen LogP contribution in [0.3, 0.4) is 0 Å². The lowest BCUT2D eigenvalue weighted by molar-refractivity contribution is 0.0951. The predicted octanol–water partition coefficient (Wildman–Crippen LogP) is 4.39. The van der Waals surface area contributed by atoms with Gasteiger partial charge in [-0.25, -0.2) is 0 Å². The number of aryl methyl sites for hydroxylation is 1. The molecule has 24 heavy (non-hydrogen) atoms. The third-order valence-electron chi connectivity index (χ3n) is 3.98.